The van der Waals surface area contributed by atoms with Crippen LogP contribution in [0.4, 0.5) is 0 Å². The van der Waals surface area contributed by atoms with E-state index >= 15 is 0 Å². The minimum atomic E-state index is -0.0429. The van der Waals surface area contributed by atoms with Crippen LogP contribution in [0.1, 0.15) is 52.4 Å². The molecule has 1 rings (SSSR count). The first kappa shape index (κ1) is 13.6. The Morgan fingerprint density at radius 1 is 1.00 bits per heavy atom. The van der Waals surface area contributed by atoms with E-state index in [9.17, 15) is 9.59 Å². The zero-order valence-corrected chi connectivity index (χ0v) is 11.3. The molecule has 0 aliphatic carbocycles. The van der Waals surface area contributed by atoms with Gasteiger partial charge in [0.15, 0.2) is 5.78 Å². The number of ketones is 2. The van der Waals surface area contributed by atoms with Gasteiger partial charge < -0.3 is 0 Å². The molecular formula is C15H20O2. The molecule has 1 aromatic rings. The molecule has 2 heteroatoms. The summed E-state index contributed by atoms with van der Waals surface area (Å²) in [6, 6.07) is 2.09. The standard InChI is InChI=1S/C15H20O2/c1-6-13(16)8-14(17)15-11(4)9(2)7-10(3)12(15)5/h7H,6,8H2,1-5H3. The van der Waals surface area contributed by atoms with Gasteiger partial charge in [-0.2, -0.15) is 0 Å². The topological polar surface area (TPSA) is 34.1 Å². The molecule has 0 spiro atoms. The van der Waals surface area contributed by atoms with Crippen LogP contribution >= 0.6 is 0 Å². The van der Waals surface area contributed by atoms with Crippen molar-refractivity contribution < 1.29 is 9.59 Å². The van der Waals surface area contributed by atoms with Crippen molar-refractivity contribution in [3.63, 3.8) is 0 Å². The number of benzene rings is 1. The molecule has 0 bridgehead atoms. The molecule has 0 radical (unpaired) electrons. The monoisotopic (exact) mass is 232 g/mol. The smallest absolute Gasteiger partial charge is 0.170 e. The van der Waals surface area contributed by atoms with Gasteiger partial charge in [0.1, 0.15) is 5.78 Å². The van der Waals surface area contributed by atoms with Gasteiger partial charge in [0.2, 0.25) is 0 Å². The van der Waals surface area contributed by atoms with Gasteiger partial charge in [0.25, 0.3) is 0 Å². The van der Waals surface area contributed by atoms with Crippen LogP contribution < -0.4 is 0 Å². The van der Waals surface area contributed by atoms with Gasteiger partial charge in [-0.15, -0.1) is 0 Å². The van der Waals surface area contributed by atoms with Gasteiger partial charge in [-0.1, -0.05) is 13.0 Å². The van der Waals surface area contributed by atoms with Crippen molar-refractivity contribution in [3.05, 3.63) is 33.9 Å². The Morgan fingerprint density at radius 2 is 1.47 bits per heavy atom. The van der Waals surface area contributed by atoms with Crippen LogP contribution in [0, 0.1) is 27.7 Å². The lowest BCUT2D eigenvalue weighted by molar-refractivity contribution is -0.117. The van der Waals surface area contributed by atoms with Crippen molar-refractivity contribution in [2.24, 2.45) is 0 Å². The quantitative estimate of drug-likeness (QED) is 0.588. The van der Waals surface area contributed by atoms with Crippen molar-refractivity contribution in [1.29, 1.82) is 0 Å². The van der Waals surface area contributed by atoms with Crippen LogP contribution in [0.15, 0.2) is 6.07 Å². The van der Waals surface area contributed by atoms with Crippen LogP contribution in [-0.4, -0.2) is 11.6 Å². The summed E-state index contributed by atoms with van der Waals surface area (Å²) >= 11 is 0. The van der Waals surface area contributed by atoms with Crippen LogP contribution in [-0.2, 0) is 4.79 Å². The van der Waals surface area contributed by atoms with Crippen molar-refractivity contribution in [2.45, 2.75) is 47.5 Å². The van der Waals surface area contributed by atoms with Crippen molar-refractivity contribution in [1.82, 2.24) is 0 Å². The minimum absolute atomic E-state index is 0.00737. The highest BCUT2D eigenvalue weighted by Crippen LogP contribution is 2.23. The molecule has 0 unspecified atom stereocenters. The van der Waals surface area contributed by atoms with E-state index in [1.54, 1.807) is 6.92 Å². The lowest BCUT2D eigenvalue weighted by Gasteiger charge is -2.13. The summed E-state index contributed by atoms with van der Waals surface area (Å²) in [5.74, 6) is -0.0355. The van der Waals surface area contributed by atoms with Crippen molar-refractivity contribution >= 4 is 11.6 Å². The molecule has 0 N–H and O–H groups in total. The highest BCUT2D eigenvalue weighted by molar-refractivity contribution is 6.09. The predicted molar refractivity (Wildman–Crippen MR) is 69.6 cm³/mol. The summed E-state index contributed by atoms with van der Waals surface area (Å²) in [6.45, 7) is 9.69. The highest BCUT2D eigenvalue weighted by Gasteiger charge is 2.17. The second-order valence-corrected chi connectivity index (χ2v) is 4.63. The highest BCUT2D eigenvalue weighted by atomic mass is 16.1. The third-order valence-corrected chi connectivity index (χ3v) is 3.40. The molecule has 0 aliphatic rings. The molecule has 0 amide bonds. The SMILES string of the molecule is CCC(=O)CC(=O)c1c(C)c(C)cc(C)c1C. The van der Waals surface area contributed by atoms with E-state index in [-0.39, 0.29) is 18.0 Å². The van der Waals surface area contributed by atoms with E-state index in [2.05, 4.69) is 6.07 Å². The molecule has 0 saturated carbocycles. The van der Waals surface area contributed by atoms with Crippen LogP contribution in [0.2, 0.25) is 0 Å². The maximum atomic E-state index is 12.1. The summed E-state index contributed by atoms with van der Waals surface area (Å²) in [6.07, 6.45) is 0.454. The summed E-state index contributed by atoms with van der Waals surface area (Å²) in [7, 11) is 0. The number of hydrogen-bond donors (Lipinski definition) is 0. The van der Waals surface area contributed by atoms with Gasteiger partial charge in [0, 0.05) is 12.0 Å². The summed E-state index contributed by atoms with van der Waals surface area (Å²) in [5.41, 5.74) is 4.97. The maximum Gasteiger partial charge on any atom is 0.170 e. The number of carbonyl (C=O) groups excluding carboxylic acids is 2. The first-order valence-electron chi connectivity index (χ1n) is 6.00. The third kappa shape index (κ3) is 2.82. The zero-order valence-electron chi connectivity index (χ0n) is 11.3. The summed E-state index contributed by atoms with van der Waals surface area (Å²) < 4.78 is 0. The van der Waals surface area contributed by atoms with E-state index in [1.165, 1.54) is 0 Å². The second kappa shape index (κ2) is 5.26. The molecule has 92 valence electrons. The molecule has 0 aliphatic heterocycles. The number of carbonyl (C=O) groups is 2. The number of aryl methyl sites for hydroxylation is 2. The fraction of sp³-hybridized carbons (Fsp3) is 0.467. The van der Waals surface area contributed by atoms with E-state index in [0.29, 0.717) is 6.42 Å². The van der Waals surface area contributed by atoms with Gasteiger partial charge in [-0.05, 0) is 49.9 Å². The minimum Gasteiger partial charge on any atom is -0.299 e. The first-order chi connectivity index (χ1) is 7.88. The molecule has 0 fully saturated rings. The predicted octanol–water partition coefficient (Wildman–Crippen LogP) is 3.47. The Bertz CT molecular complexity index is 444. The fourth-order valence-electron chi connectivity index (χ4n) is 2.03. The lowest BCUT2D eigenvalue weighted by Crippen LogP contribution is -2.12. The molecule has 17 heavy (non-hydrogen) atoms. The molecule has 1 aromatic carbocycles. The van der Waals surface area contributed by atoms with Crippen LogP contribution in [0.25, 0.3) is 0 Å². The second-order valence-electron chi connectivity index (χ2n) is 4.63. The third-order valence-electron chi connectivity index (χ3n) is 3.40. The summed E-state index contributed by atoms with van der Waals surface area (Å²) in [4.78, 5) is 23.5. The Balaban J connectivity index is 3.21. The van der Waals surface area contributed by atoms with Crippen molar-refractivity contribution in [2.75, 3.05) is 0 Å². The Hall–Kier alpha value is -1.44. The van der Waals surface area contributed by atoms with Gasteiger partial charge in [0.05, 0.1) is 6.42 Å². The number of hydrogen-bond acceptors (Lipinski definition) is 2. The van der Waals surface area contributed by atoms with Gasteiger partial charge in [-0.25, -0.2) is 0 Å². The molecule has 0 heterocycles. The Morgan fingerprint density at radius 3 is 1.88 bits per heavy atom. The maximum absolute atomic E-state index is 12.1. The van der Waals surface area contributed by atoms with E-state index < -0.39 is 0 Å². The molecule has 0 aromatic heterocycles. The zero-order chi connectivity index (χ0) is 13.2. The Labute approximate surface area is 103 Å². The molecular weight excluding hydrogens is 212 g/mol. The van der Waals surface area contributed by atoms with Gasteiger partial charge in [-0.3, -0.25) is 9.59 Å². The van der Waals surface area contributed by atoms with E-state index in [1.807, 2.05) is 27.7 Å². The largest absolute Gasteiger partial charge is 0.299 e. The first-order valence-corrected chi connectivity index (χ1v) is 6.00. The van der Waals surface area contributed by atoms with Crippen LogP contribution in [0.5, 0.6) is 0 Å². The van der Waals surface area contributed by atoms with Crippen LogP contribution in [0.3, 0.4) is 0 Å². The average molecular weight is 232 g/mol. The normalized spacial score (nSPS) is 10.4. The molecule has 0 atom stereocenters. The van der Waals surface area contributed by atoms with E-state index in [4.69, 9.17) is 0 Å². The number of rotatable bonds is 4. The molecule has 0 saturated heterocycles. The van der Waals surface area contributed by atoms with Gasteiger partial charge >= 0.3 is 0 Å². The average Bonchev–Trinajstić information content (AvgIpc) is 2.26. The number of Topliss-reactive ketones (excluding diaryl/α,β-unsaturated/α-hetero) is 2. The fourth-order valence-corrected chi connectivity index (χ4v) is 2.03. The Kier molecular flexibility index (Phi) is 4.22. The summed E-state index contributed by atoms with van der Waals surface area (Å²) in [5, 5.41) is 0. The van der Waals surface area contributed by atoms with Crippen molar-refractivity contribution in [3.8, 4) is 0 Å². The van der Waals surface area contributed by atoms with E-state index in [0.717, 1.165) is 27.8 Å². The molecule has 2 nitrogen and oxygen atoms in total. The lowest BCUT2D eigenvalue weighted by atomic mass is 9.90.